The van der Waals surface area contributed by atoms with Gasteiger partial charge >= 0.3 is 0 Å². The number of aryl methyl sites for hydroxylation is 1. The molecule has 0 radical (unpaired) electrons. The van der Waals surface area contributed by atoms with Crippen molar-refractivity contribution >= 4 is 17.5 Å². The van der Waals surface area contributed by atoms with Crippen LogP contribution in [0.15, 0.2) is 22.8 Å². The standard InChI is InChI=1S/C14H22ClNO2/c1-3-12(4-2)16(10-9-15)14(17)8-7-13-6-5-11-18-13/h5-6,11-12H,3-4,7-10H2,1-2H3. The summed E-state index contributed by atoms with van der Waals surface area (Å²) < 4.78 is 5.24. The molecule has 0 aliphatic carbocycles. The van der Waals surface area contributed by atoms with E-state index in [-0.39, 0.29) is 5.91 Å². The second kappa shape index (κ2) is 8.20. The predicted octanol–water partition coefficient (Wildman–Crippen LogP) is 3.47. The van der Waals surface area contributed by atoms with Crippen molar-refractivity contribution in [2.45, 2.75) is 45.6 Å². The molecule has 0 spiro atoms. The highest BCUT2D eigenvalue weighted by Gasteiger charge is 2.20. The number of rotatable bonds is 8. The number of carbonyl (C=O) groups is 1. The van der Waals surface area contributed by atoms with Gasteiger partial charge in [0.25, 0.3) is 0 Å². The summed E-state index contributed by atoms with van der Waals surface area (Å²) >= 11 is 5.79. The first kappa shape index (κ1) is 15.1. The number of amides is 1. The Labute approximate surface area is 114 Å². The summed E-state index contributed by atoms with van der Waals surface area (Å²) in [5.41, 5.74) is 0. The van der Waals surface area contributed by atoms with Crippen molar-refractivity contribution in [2.24, 2.45) is 0 Å². The second-order valence-corrected chi connectivity index (χ2v) is 4.70. The molecule has 0 saturated heterocycles. The summed E-state index contributed by atoms with van der Waals surface area (Å²) in [5.74, 6) is 1.52. The third kappa shape index (κ3) is 4.37. The number of carbonyl (C=O) groups excluding carboxylic acids is 1. The Hall–Kier alpha value is -0.960. The molecule has 1 aromatic heterocycles. The fraction of sp³-hybridized carbons (Fsp3) is 0.643. The Kier molecular flexibility index (Phi) is 6.88. The van der Waals surface area contributed by atoms with Crippen molar-refractivity contribution in [3.63, 3.8) is 0 Å². The first-order valence-corrected chi connectivity index (χ1v) is 7.14. The monoisotopic (exact) mass is 271 g/mol. The second-order valence-electron chi connectivity index (χ2n) is 4.33. The Morgan fingerprint density at radius 1 is 1.44 bits per heavy atom. The topological polar surface area (TPSA) is 33.5 Å². The van der Waals surface area contributed by atoms with E-state index in [1.807, 2.05) is 17.0 Å². The number of furan rings is 1. The van der Waals surface area contributed by atoms with E-state index >= 15 is 0 Å². The lowest BCUT2D eigenvalue weighted by Gasteiger charge is -2.30. The third-order valence-corrected chi connectivity index (χ3v) is 3.36. The number of alkyl halides is 1. The van der Waals surface area contributed by atoms with Crippen molar-refractivity contribution in [2.75, 3.05) is 12.4 Å². The van der Waals surface area contributed by atoms with Crippen LogP contribution >= 0.6 is 11.6 Å². The van der Waals surface area contributed by atoms with Crippen molar-refractivity contribution in [1.82, 2.24) is 4.90 Å². The van der Waals surface area contributed by atoms with E-state index in [4.69, 9.17) is 16.0 Å². The Bertz CT molecular complexity index is 334. The molecule has 1 heterocycles. The average molecular weight is 272 g/mol. The normalized spacial score (nSPS) is 10.9. The molecule has 0 aromatic carbocycles. The van der Waals surface area contributed by atoms with E-state index in [9.17, 15) is 4.79 Å². The highest BCUT2D eigenvalue weighted by atomic mass is 35.5. The largest absolute Gasteiger partial charge is 0.469 e. The van der Waals surface area contributed by atoms with Crippen LogP contribution in [0, 0.1) is 0 Å². The lowest BCUT2D eigenvalue weighted by Crippen LogP contribution is -2.41. The number of halogens is 1. The van der Waals surface area contributed by atoms with Crippen LogP contribution in [0.4, 0.5) is 0 Å². The summed E-state index contributed by atoms with van der Waals surface area (Å²) in [4.78, 5) is 14.1. The highest BCUT2D eigenvalue weighted by molar-refractivity contribution is 6.18. The first-order chi connectivity index (χ1) is 8.72. The molecule has 0 fully saturated rings. The van der Waals surface area contributed by atoms with Crippen molar-refractivity contribution < 1.29 is 9.21 Å². The molecule has 0 unspecified atom stereocenters. The maximum Gasteiger partial charge on any atom is 0.223 e. The minimum atomic E-state index is 0.167. The van der Waals surface area contributed by atoms with Crippen LogP contribution in [0.2, 0.25) is 0 Å². The average Bonchev–Trinajstić information content (AvgIpc) is 2.89. The maximum absolute atomic E-state index is 12.2. The molecule has 1 aromatic rings. The van der Waals surface area contributed by atoms with Gasteiger partial charge in [-0.2, -0.15) is 0 Å². The van der Waals surface area contributed by atoms with Crippen molar-refractivity contribution in [3.05, 3.63) is 24.2 Å². The van der Waals surface area contributed by atoms with Gasteiger partial charge in [0, 0.05) is 31.3 Å². The SMILES string of the molecule is CCC(CC)N(CCCl)C(=O)CCc1ccco1. The van der Waals surface area contributed by atoms with E-state index in [1.165, 1.54) is 0 Å². The van der Waals surface area contributed by atoms with E-state index < -0.39 is 0 Å². The van der Waals surface area contributed by atoms with Crippen LogP contribution in [-0.2, 0) is 11.2 Å². The van der Waals surface area contributed by atoms with Gasteiger partial charge in [0.15, 0.2) is 0 Å². The fourth-order valence-corrected chi connectivity index (χ4v) is 2.34. The van der Waals surface area contributed by atoms with Crippen LogP contribution in [0.25, 0.3) is 0 Å². The summed E-state index contributed by atoms with van der Waals surface area (Å²) in [7, 11) is 0. The maximum atomic E-state index is 12.2. The Morgan fingerprint density at radius 2 is 2.17 bits per heavy atom. The summed E-state index contributed by atoms with van der Waals surface area (Å²) in [6, 6.07) is 4.04. The zero-order chi connectivity index (χ0) is 13.4. The molecule has 102 valence electrons. The molecular formula is C14H22ClNO2. The van der Waals surface area contributed by atoms with E-state index in [1.54, 1.807) is 6.26 Å². The first-order valence-electron chi connectivity index (χ1n) is 6.60. The summed E-state index contributed by atoms with van der Waals surface area (Å²) in [5, 5.41) is 0. The van der Waals surface area contributed by atoms with Crippen LogP contribution in [0.3, 0.4) is 0 Å². The van der Waals surface area contributed by atoms with Crippen LogP contribution in [0.1, 0.15) is 38.9 Å². The molecule has 4 heteroatoms. The quantitative estimate of drug-likeness (QED) is 0.679. The molecule has 18 heavy (non-hydrogen) atoms. The van der Waals surface area contributed by atoms with Gasteiger partial charge in [-0.15, -0.1) is 11.6 Å². The zero-order valence-electron chi connectivity index (χ0n) is 11.2. The fourth-order valence-electron chi connectivity index (χ4n) is 2.16. The van der Waals surface area contributed by atoms with Crippen LogP contribution in [0.5, 0.6) is 0 Å². The summed E-state index contributed by atoms with van der Waals surface area (Å²) in [6.07, 6.45) is 4.72. The number of hydrogen-bond donors (Lipinski definition) is 0. The number of hydrogen-bond acceptors (Lipinski definition) is 2. The molecular weight excluding hydrogens is 250 g/mol. The van der Waals surface area contributed by atoms with Gasteiger partial charge in [-0.25, -0.2) is 0 Å². The van der Waals surface area contributed by atoms with Crippen molar-refractivity contribution in [3.8, 4) is 0 Å². The lowest BCUT2D eigenvalue weighted by atomic mass is 10.1. The van der Waals surface area contributed by atoms with Crippen molar-refractivity contribution in [1.29, 1.82) is 0 Å². The van der Waals surface area contributed by atoms with Crippen LogP contribution in [-0.4, -0.2) is 29.3 Å². The minimum absolute atomic E-state index is 0.167. The lowest BCUT2D eigenvalue weighted by molar-refractivity contribution is -0.133. The van der Waals surface area contributed by atoms with Gasteiger partial charge in [-0.1, -0.05) is 13.8 Å². The zero-order valence-corrected chi connectivity index (χ0v) is 11.9. The van der Waals surface area contributed by atoms with E-state index in [0.29, 0.717) is 31.3 Å². The molecule has 0 saturated carbocycles. The molecule has 3 nitrogen and oxygen atoms in total. The van der Waals surface area contributed by atoms with Gasteiger partial charge in [-0.05, 0) is 25.0 Å². The molecule has 1 rings (SSSR count). The Morgan fingerprint density at radius 3 is 2.67 bits per heavy atom. The molecule has 0 aliphatic rings. The summed E-state index contributed by atoms with van der Waals surface area (Å²) in [6.45, 7) is 4.84. The van der Waals surface area contributed by atoms with E-state index in [2.05, 4.69) is 13.8 Å². The highest BCUT2D eigenvalue weighted by Crippen LogP contribution is 2.12. The molecule has 0 atom stereocenters. The number of nitrogens with zero attached hydrogens (tertiary/aromatic N) is 1. The Balaban J connectivity index is 2.53. The van der Waals surface area contributed by atoms with Gasteiger partial charge in [0.05, 0.1) is 6.26 Å². The van der Waals surface area contributed by atoms with Crippen LogP contribution < -0.4 is 0 Å². The van der Waals surface area contributed by atoms with E-state index in [0.717, 1.165) is 18.6 Å². The predicted molar refractivity (Wildman–Crippen MR) is 73.8 cm³/mol. The van der Waals surface area contributed by atoms with Gasteiger partial charge in [0.1, 0.15) is 5.76 Å². The smallest absolute Gasteiger partial charge is 0.223 e. The van der Waals surface area contributed by atoms with Gasteiger partial charge in [0.2, 0.25) is 5.91 Å². The van der Waals surface area contributed by atoms with Gasteiger partial charge < -0.3 is 9.32 Å². The molecule has 0 aliphatic heterocycles. The molecule has 0 N–H and O–H groups in total. The van der Waals surface area contributed by atoms with Gasteiger partial charge in [-0.3, -0.25) is 4.79 Å². The molecule has 1 amide bonds. The minimum Gasteiger partial charge on any atom is -0.469 e. The molecule has 0 bridgehead atoms. The third-order valence-electron chi connectivity index (χ3n) is 3.19.